The zero-order valence-corrected chi connectivity index (χ0v) is 17.6. The van der Waals surface area contributed by atoms with Gasteiger partial charge < -0.3 is 9.84 Å². The molecule has 0 spiro atoms. The van der Waals surface area contributed by atoms with E-state index in [9.17, 15) is 17.2 Å². The summed E-state index contributed by atoms with van der Waals surface area (Å²) in [5, 5.41) is 7.49. The average Bonchev–Trinajstić information content (AvgIpc) is 3.44. The number of anilines is 1. The fourth-order valence-corrected chi connectivity index (χ4v) is 5.64. The number of hydrogen-bond donors (Lipinski definition) is 1. The largest absolute Gasteiger partial charge is 0.380 e. The van der Waals surface area contributed by atoms with Gasteiger partial charge in [0, 0.05) is 42.2 Å². The molecule has 1 aromatic heterocycles. The molecule has 0 radical (unpaired) electrons. The van der Waals surface area contributed by atoms with Crippen LogP contribution in [0.1, 0.15) is 11.5 Å². The van der Waals surface area contributed by atoms with Crippen molar-refractivity contribution in [2.75, 3.05) is 18.4 Å². The molecule has 1 N–H and O–H groups in total. The average molecular weight is 455 g/mol. The Morgan fingerprint density at radius 1 is 0.969 bits per heavy atom. The zero-order chi connectivity index (χ0) is 22.3. The molecule has 32 heavy (non-hydrogen) atoms. The van der Waals surface area contributed by atoms with E-state index in [1.165, 1.54) is 28.7 Å². The quantitative estimate of drug-likeness (QED) is 0.484. The third kappa shape index (κ3) is 3.74. The standard InChI is InChI=1S/C23H19F2N3O3S/c24-20-8-6-17(11-21(20)25)27-22-14-28(13-19(22)15-4-2-1-3-5-15)32(29,30)18-7-9-23-16(10-18)12-26-31-23/h1-12,19,22,27H,13-14H2. The van der Waals surface area contributed by atoms with Gasteiger partial charge in [0.2, 0.25) is 10.0 Å². The maximum absolute atomic E-state index is 13.7. The summed E-state index contributed by atoms with van der Waals surface area (Å²) in [5.74, 6) is -2.08. The maximum Gasteiger partial charge on any atom is 0.243 e. The van der Waals surface area contributed by atoms with Gasteiger partial charge in [-0.3, -0.25) is 0 Å². The Balaban J connectivity index is 1.48. The van der Waals surface area contributed by atoms with Gasteiger partial charge in [0.1, 0.15) is 0 Å². The lowest BCUT2D eigenvalue weighted by atomic mass is 9.94. The summed E-state index contributed by atoms with van der Waals surface area (Å²) in [6.07, 6.45) is 1.47. The van der Waals surface area contributed by atoms with Crippen molar-refractivity contribution in [3.05, 3.63) is 90.1 Å². The number of fused-ring (bicyclic) bond motifs is 1. The van der Waals surface area contributed by atoms with E-state index in [0.717, 1.165) is 17.7 Å². The van der Waals surface area contributed by atoms with E-state index in [1.807, 2.05) is 30.3 Å². The molecular weight excluding hydrogens is 436 g/mol. The van der Waals surface area contributed by atoms with Gasteiger partial charge in [-0.2, -0.15) is 4.31 Å². The SMILES string of the molecule is O=S(=O)(c1ccc2oncc2c1)N1CC(Nc2ccc(F)c(F)c2)C(c2ccccc2)C1. The first-order valence-corrected chi connectivity index (χ1v) is 11.5. The molecule has 164 valence electrons. The third-order valence-electron chi connectivity index (χ3n) is 5.75. The Kier molecular flexibility index (Phi) is 5.15. The monoisotopic (exact) mass is 455 g/mol. The van der Waals surface area contributed by atoms with Crippen LogP contribution in [0.4, 0.5) is 14.5 Å². The number of nitrogens with zero attached hydrogens (tertiary/aromatic N) is 2. The highest BCUT2D eigenvalue weighted by Gasteiger charge is 2.40. The normalized spacial score (nSPS) is 19.4. The van der Waals surface area contributed by atoms with Crippen molar-refractivity contribution in [3.8, 4) is 0 Å². The van der Waals surface area contributed by atoms with Crippen LogP contribution in [0.3, 0.4) is 0 Å². The molecule has 1 aliphatic heterocycles. The minimum Gasteiger partial charge on any atom is -0.380 e. The second-order valence-corrected chi connectivity index (χ2v) is 9.68. The van der Waals surface area contributed by atoms with Crippen LogP contribution in [0.5, 0.6) is 0 Å². The fourth-order valence-electron chi connectivity index (χ4n) is 4.11. The minimum atomic E-state index is -3.80. The molecule has 1 saturated heterocycles. The topological polar surface area (TPSA) is 75.4 Å². The zero-order valence-electron chi connectivity index (χ0n) is 16.8. The number of sulfonamides is 1. The van der Waals surface area contributed by atoms with Gasteiger partial charge in [-0.05, 0) is 35.9 Å². The number of halogens is 2. The van der Waals surface area contributed by atoms with Crippen molar-refractivity contribution in [2.24, 2.45) is 0 Å². The lowest BCUT2D eigenvalue weighted by molar-refractivity contribution is 0.456. The summed E-state index contributed by atoms with van der Waals surface area (Å²) in [7, 11) is -3.80. The van der Waals surface area contributed by atoms with E-state index in [1.54, 1.807) is 6.07 Å². The second-order valence-electron chi connectivity index (χ2n) is 7.74. The summed E-state index contributed by atoms with van der Waals surface area (Å²) >= 11 is 0. The van der Waals surface area contributed by atoms with Gasteiger partial charge in [0.15, 0.2) is 17.2 Å². The Morgan fingerprint density at radius 3 is 2.56 bits per heavy atom. The van der Waals surface area contributed by atoms with Crippen LogP contribution >= 0.6 is 0 Å². The third-order valence-corrected chi connectivity index (χ3v) is 7.58. The van der Waals surface area contributed by atoms with Crippen molar-refractivity contribution < 1.29 is 21.7 Å². The van der Waals surface area contributed by atoms with Gasteiger partial charge in [-0.1, -0.05) is 35.5 Å². The molecule has 1 aliphatic rings. The molecule has 4 aromatic rings. The summed E-state index contributed by atoms with van der Waals surface area (Å²) < 4.78 is 60.4. The molecule has 2 unspecified atom stereocenters. The van der Waals surface area contributed by atoms with E-state index >= 15 is 0 Å². The molecule has 2 heterocycles. The Hall–Kier alpha value is -3.30. The van der Waals surface area contributed by atoms with E-state index in [0.29, 0.717) is 16.7 Å². The first-order valence-electron chi connectivity index (χ1n) is 10.0. The summed E-state index contributed by atoms with van der Waals surface area (Å²) in [6.45, 7) is 0.415. The van der Waals surface area contributed by atoms with Gasteiger partial charge in [-0.15, -0.1) is 0 Å². The molecule has 1 fully saturated rings. The second kappa shape index (κ2) is 7.99. The van der Waals surface area contributed by atoms with E-state index in [4.69, 9.17) is 4.52 Å². The highest BCUT2D eigenvalue weighted by atomic mass is 32.2. The predicted molar refractivity (Wildman–Crippen MR) is 116 cm³/mol. The molecule has 0 amide bonds. The minimum absolute atomic E-state index is 0.147. The van der Waals surface area contributed by atoms with Crippen LogP contribution in [0, 0.1) is 11.6 Å². The highest BCUT2D eigenvalue weighted by Crippen LogP contribution is 2.34. The Bertz CT molecular complexity index is 1380. The first kappa shape index (κ1) is 20.6. The van der Waals surface area contributed by atoms with Crippen LogP contribution in [-0.4, -0.2) is 37.0 Å². The number of hydrogen-bond acceptors (Lipinski definition) is 5. The number of aromatic nitrogens is 1. The number of nitrogens with one attached hydrogen (secondary N) is 1. The lowest BCUT2D eigenvalue weighted by Gasteiger charge is -2.21. The highest BCUT2D eigenvalue weighted by molar-refractivity contribution is 7.89. The molecule has 3 aromatic carbocycles. The molecule has 0 saturated carbocycles. The Morgan fingerprint density at radius 2 is 1.78 bits per heavy atom. The van der Waals surface area contributed by atoms with Crippen molar-refractivity contribution in [1.82, 2.24) is 9.46 Å². The summed E-state index contributed by atoms with van der Waals surface area (Å²) in [4.78, 5) is 0.147. The van der Waals surface area contributed by atoms with Crippen LogP contribution in [0.2, 0.25) is 0 Å². The molecular formula is C23H19F2N3O3S. The van der Waals surface area contributed by atoms with E-state index in [-0.39, 0.29) is 29.9 Å². The van der Waals surface area contributed by atoms with Crippen LogP contribution in [-0.2, 0) is 10.0 Å². The molecule has 2 atom stereocenters. The number of rotatable bonds is 5. The van der Waals surface area contributed by atoms with Gasteiger partial charge >= 0.3 is 0 Å². The summed E-state index contributed by atoms with van der Waals surface area (Å²) in [6, 6.07) is 17.4. The molecule has 0 bridgehead atoms. The van der Waals surface area contributed by atoms with Gasteiger partial charge in [-0.25, -0.2) is 17.2 Å². The van der Waals surface area contributed by atoms with E-state index in [2.05, 4.69) is 10.5 Å². The van der Waals surface area contributed by atoms with E-state index < -0.39 is 21.7 Å². The van der Waals surface area contributed by atoms with Gasteiger partial charge in [0.05, 0.1) is 11.1 Å². The Labute approximate surface area is 183 Å². The molecule has 9 heteroatoms. The van der Waals surface area contributed by atoms with Crippen LogP contribution in [0.15, 0.2) is 82.3 Å². The summed E-state index contributed by atoms with van der Waals surface area (Å²) in [5.41, 5.74) is 1.85. The van der Waals surface area contributed by atoms with Crippen LogP contribution in [0.25, 0.3) is 11.0 Å². The van der Waals surface area contributed by atoms with Crippen molar-refractivity contribution in [3.63, 3.8) is 0 Å². The molecule has 6 nitrogen and oxygen atoms in total. The fraction of sp³-hybridized carbons (Fsp3) is 0.174. The lowest BCUT2D eigenvalue weighted by Crippen LogP contribution is -2.32. The van der Waals surface area contributed by atoms with Gasteiger partial charge in [0.25, 0.3) is 0 Å². The first-order chi connectivity index (χ1) is 15.4. The molecule has 0 aliphatic carbocycles. The van der Waals surface area contributed by atoms with Crippen molar-refractivity contribution in [1.29, 1.82) is 0 Å². The number of benzene rings is 3. The van der Waals surface area contributed by atoms with Crippen molar-refractivity contribution >= 4 is 26.7 Å². The van der Waals surface area contributed by atoms with Crippen LogP contribution < -0.4 is 5.32 Å². The maximum atomic E-state index is 13.7. The molecule has 5 rings (SSSR count). The predicted octanol–water partition coefficient (Wildman–Crippen LogP) is 4.37. The van der Waals surface area contributed by atoms with Crippen molar-refractivity contribution in [2.45, 2.75) is 16.9 Å². The smallest absolute Gasteiger partial charge is 0.243 e.